The first kappa shape index (κ1) is 12.5. The van der Waals surface area contributed by atoms with Crippen LogP contribution in [0, 0.1) is 17.8 Å². The van der Waals surface area contributed by atoms with E-state index < -0.39 is 0 Å². The molecule has 2 aliphatic carbocycles. The summed E-state index contributed by atoms with van der Waals surface area (Å²) >= 11 is 0. The van der Waals surface area contributed by atoms with Crippen molar-refractivity contribution in [2.24, 2.45) is 17.8 Å². The Kier molecular flexibility index (Phi) is 3.35. The Labute approximate surface area is 110 Å². The number of amides is 1. The summed E-state index contributed by atoms with van der Waals surface area (Å²) in [6, 6.07) is 0.257. The predicted octanol–water partition coefficient (Wildman–Crippen LogP) is 2.45. The zero-order valence-corrected chi connectivity index (χ0v) is 11.6. The maximum atomic E-state index is 12.5. The van der Waals surface area contributed by atoms with Gasteiger partial charge in [0.1, 0.15) is 0 Å². The molecular weight excluding hydrogens is 226 g/mol. The Morgan fingerprint density at radius 1 is 1.28 bits per heavy atom. The molecule has 0 radical (unpaired) electrons. The van der Waals surface area contributed by atoms with Gasteiger partial charge in [0.2, 0.25) is 5.91 Å². The van der Waals surface area contributed by atoms with Gasteiger partial charge < -0.3 is 9.64 Å². The minimum Gasteiger partial charge on any atom is -0.375 e. The van der Waals surface area contributed by atoms with Gasteiger partial charge in [-0.25, -0.2) is 0 Å². The summed E-state index contributed by atoms with van der Waals surface area (Å²) in [6.07, 6.45) is 6.48. The second-order valence-corrected chi connectivity index (χ2v) is 6.68. The van der Waals surface area contributed by atoms with Gasteiger partial charge in [0, 0.05) is 13.0 Å². The number of carbonyl (C=O) groups is 1. The van der Waals surface area contributed by atoms with Crippen LogP contribution in [0.25, 0.3) is 0 Å². The Morgan fingerprint density at radius 3 is 2.78 bits per heavy atom. The molecule has 5 atom stereocenters. The van der Waals surface area contributed by atoms with Crippen molar-refractivity contribution in [2.75, 3.05) is 13.2 Å². The van der Waals surface area contributed by atoms with Crippen molar-refractivity contribution in [1.29, 1.82) is 0 Å². The lowest BCUT2D eigenvalue weighted by atomic mass is 9.86. The van der Waals surface area contributed by atoms with E-state index in [2.05, 4.69) is 18.7 Å². The Hall–Kier alpha value is -0.570. The third-order valence-electron chi connectivity index (χ3n) is 5.25. The van der Waals surface area contributed by atoms with E-state index in [-0.39, 0.29) is 12.1 Å². The minimum absolute atomic E-state index is 0.199. The number of ether oxygens (including phenoxy) is 1. The molecule has 3 nitrogen and oxygen atoms in total. The molecule has 0 spiro atoms. The van der Waals surface area contributed by atoms with Gasteiger partial charge in [-0.1, -0.05) is 6.42 Å². The fourth-order valence-corrected chi connectivity index (χ4v) is 4.22. The molecule has 102 valence electrons. The van der Waals surface area contributed by atoms with Crippen molar-refractivity contribution in [3.8, 4) is 0 Å². The van der Waals surface area contributed by atoms with Gasteiger partial charge >= 0.3 is 0 Å². The van der Waals surface area contributed by atoms with Crippen LogP contribution in [-0.2, 0) is 9.53 Å². The van der Waals surface area contributed by atoms with Crippen LogP contribution in [0.5, 0.6) is 0 Å². The number of morpholine rings is 1. The summed E-state index contributed by atoms with van der Waals surface area (Å²) in [7, 11) is 0. The van der Waals surface area contributed by atoms with E-state index in [4.69, 9.17) is 4.74 Å². The quantitative estimate of drug-likeness (QED) is 0.754. The highest BCUT2D eigenvalue weighted by Gasteiger charge is 2.41. The summed E-state index contributed by atoms with van der Waals surface area (Å²) in [5, 5.41) is 0. The summed E-state index contributed by atoms with van der Waals surface area (Å²) in [5.41, 5.74) is 0. The average molecular weight is 251 g/mol. The van der Waals surface area contributed by atoms with Crippen molar-refractivity contribution < 1.29 is 9.53 Å². The maximum Gasteiger partial charge on any atom is 0.223 e. The van der Waals surface area contributed by atoms with E-state index in [1.807, 2.05) is 0 Å². The second-order valence-electron chi connectivity index (χ2n) is 6.68. The van der Waals surface area contributed by atoms with Crippen LogP contribution in [0.3, 0.4) is 0 Å². The number of nitrogens with zero attached hydrogens (tertiary/aromatic N) is 1. The van der Waals surface area contributed by atoms with Crippen molar-refractivity contribution in [1.82, 2.24) is 4.90 Å². The fourth-order valence-electron chi connectivity index (χ4n) is 4.22. The van der Waals surface area contributed by atoms with Crippen molar-refractivity contribution >= 4 is 5.91 Å². The third-order valence-corrected chi connectivity index (χ3v) is 5.25. The molecule has 0 aromatic heterocycles. The van der Waals surface area contributed by atoms with E-state index in [9.17, 15) is 4.79 Å². The molecule has 0 aromatic rings. The van der Waals surface area contributed by atoms with Crippen LogP contribution in [0.4, 0.5) is 0 Å². The van der Waals surface area contributed by atoms with E-state index in [0.717, 1.165) is 24.8 Å². The maximum absolute atomic E-state index is 12.5. The standard InChI is InChI=1S/C15H25NO2/c1-10-9-18-11(2)8-16(10)15(17)7-14-6-12-3-4-13(14)5-12/h10-14H,3-9H2,1-2H3/t10-,11+,12-,13-,14+/m0/s1. The molecule has 1 aliphatic heterocycles. The number of fused-ring (bicyclic) bond motifs is 2. The molecule has 3 fully saturated rings. The zero-order chi connectivity index (χ0) is 12.7. The highest BCUT2D eigenvalue weighted by molar-refractivity contribution is 5.77. The van der Waals surface area contributed by atoms with E-state index >= 15 is 0 Å². The van der Waals surface area contributed by atoms with Crippen LogP contribution >= 0.6 is 0 Å². The predicted molar refractivity (Wildman–Crippen MR) is 70.1 cm³/mol. The molecule has 0 N–H and O–H groups in total. The molecule has 1 heterocycles. The highest BCUT2D eigenvalue weighted by Crippen LogP contribution is 2.49. The van der Waals surface area contributed by atoms with Gasteiger partial charge in [-0.2, -0.15) is 0 Å². The number of hydrogen-bond acceptors (Lipinski definition) is 2. The largest absolute Gasteiger partial charge is 0.375 e. The van der Waals surface area contributed by atoms with Crippen LogP contribution in [-0.4, -0.2) is 36.1 Å². The van der Waals surface area contributed by atoms with E-state index in [1.165, 1.54) is 25.7 Å². The average Bonchev–Trinajstić information content (AvgIpc) is 2.94. The monoisotopic (exact) mass is 251 g/mol. The van der Waals surface area contributed by atoms with Crippen LogP contribution in [0.15, 0.2) is 0 Å². The molecule has 18 heavy (non-hydrogen) atoms. The fraction of sp³-hybridized carbons (Fsp3) is 0.933. The van der Waals surface area contributed by atoms with Crippen LogP contribution < -0.4 is 0 Å². The van der Waals surface area contributed by atoms with Gasteiger partial charge in [0.05, 0.1) is 18.8 Å². The van der Waals surface area contributed by atoms with Gasteiger partial charge in [-0.05, 0) is 50.9 Å². The summed E-state index contributed by atoms with van der Waals surface area (Å²) in [4.78, 5) is 14.5. The molecule has 3 aliphatic rings. The van der Waals surface area contributed by atoms with Crippen molar-refractivity contribution in [3.05, 3.63) is 0 Å². The topological polar surface area (TPSA) is 29.5 Å². The Morgan fingerprint density at radius 2 is 2.11 bits per heavy atom. The molecular formula is C15H25NO2. The van der Waals surface area contributed by atoms with Crippen LogP contribution in [0.1, 0.15) is 46.0 Å². The molecule has 3 heteroatoms. The summed E-state index contributed by atoms with van der Waals surface area (Å²) < 4.78 is 5.60. The molecule has 2 bridgehead atoms. The van der Waals surface area contributed by atoms with Crippen molar-refractivity contribution in [2.45, 2.75) is 58.1 Å². The molecule has 1 saturated heterocycles. The number of rotatable bonds is 2. The summed E-state index contributed by atoms with van der Waals surface area (Å²) in [6.45, 7) is 5.64. The highest BCUT2D eigenvalue weighted by atomic mass is 16.5. The number of carbonyl (C=O) groups excluding carboxylic acids is 1. The lowest BCUT2D eigenvalue weighted by molar-refractivity contribution is -0.144. The lowest BCUT2D eigenvalue weighted by Crippen LogP contribution is -2.50. The first-order chi connectivity index (χ1) is 8.63. The molecule has 1 amide bonds. The number of hydrogen-bond donors (Lipinski definition) is 0. The van der Waals surface area contributed by atoms with Gasteiger partial charge in [-0.3, -0.25) is 4.79 Å². The smallest absolute Gasteiger partial charge is 0.223 e. The van der Waals surface area contributed by atoms with Gasteiger partial charge in [0.15, 0.2) is 0 Å². The van der Waals surface area contributed by atoms with Crippen LogP contribution in [0.2, 0.25) is 0 Å². The molecule has 2 saturated carbocycles. The van der Waals surface area contributed by atoms with Gasteiger partial charge in [0.25, 0.3) is 0 Å². The molecule has 0 unspecified atom stereocenters. The Bertz CT molecular complexity index is 330. The zero-order valence-electron chi connectivity index (χ0n) is 11.6. The molecule has 3 rings (SSSR count). The Balaban J connectivity index is 1.57. The van der Waals surface area contributed by atoms with Crippen molar-refractivity contribution in [3.63, 3.8) is 0 Å². The normalized spacial score (nSPS) is 43.4. The summed E-state index contributed by atoms with van der Waals surface area (Å²) in [5.74, 6) is 2.85. The second kappa shape index (κ2) is 4.84. The molecule has 0 aromatic carbocycles. The lowest BCUT2D eigenvalue weighted by Gasteiger charge is -2.38. The van der Waals surface area contributed by atoms with Gasteiger partial charge in [-0.15, -0.1) is 0 Å². The van der Waals surface area contributed by atoms with E-state index in [1.54, 1.807) is 0 Å². The first-order valence-electron chi connectivity index (χ1n) is 7.54. The first-order valence-corrected chi connectivity index (χ1v) is 7.54. The third kappa shape index (κ3) is 2.29. The SMILES string of the molecule is C[C@@H]1CN(C(=O)C[C@H]2C[C@H]3CC[C@H]2C3)[C@@H](C)CO1. The minimum atomic E-state index is 0.199. The van der Waals surface area contributed by atoms with E-state index in [0.29, 0.717) is 18.4 Å².